The molecule has 0 radical (unpaired) electrons. The second-order valence-corrected chi connectivity index (χ2v) is 6.65. The molecule has 1 unspecified atom stereocenters. The normalized spacial score (nSPS) is 13.3. The molecule has 0 spiro atoms. The summed E-state index contributed by atoms with van der Waals surface area (Å²) >= 11 is 0. The maximum absolute atomic E-state index is 12.6. The van der Waals surface area contributed by atoms with Gasteiger partial charge in [-0.15, -0.1) is 0 Å². The fraction of sp³-hybridized carbons (Fsp3) is 0.318. The van der Waals surface area contributed by atoms with Crippen molar-refractivity contribution in [2.45, 2.75) is 32.8 Å². The van der Waals surface area contributed by atoms with Crippen molar-refractivity contribution >= 4 is 23.3 Å². The van der Waals surface area contributed by atoms with Crippen LogP contribution in [0.2, 0.25) is 0 Å². The fourth-order valence-corrected chi connectivity index (χ4v) is 2.86. The van der Waals surface area contributed by atoms with Gasteiger partial charge in [-0.2, -0.15) is 0 Å². The van der Waals surface area contributed by atoms with E-state index in [0.29, 0.717) is 42.4 Å². The van der Waals surface area contributed by atoms with Crippen molar-refractivity contribution in [2.75, 3.05) is 18.5 Å². The van der Waals surface area contributed by atoms with Crippen LogP contribution in [0.4, 0.5) is 5.69 Å². The Labute approximate surface area is 169 Å². The van der Waals surface area contributed by atoms with Gasteiger partial charge in [-0.25, -0.2) is 4.79 Å². The van der Waals surface area contributed by atoms with Gasteiger partial charge in [0, 0.05) is 17.7 Å². The van der Waals surface area contributed by atoms with Crippen LogP contribution in [-0.2, 0) is 9.53 Å². The van der Waals surface area contributed by atoms with E-state index in [0.717, 1.165) is 6.42 Å². The summed E-state index contributed by atoms with van der Waals surface area (Å²) in [5.41, 5.74) is 1.28. The van der Waals surface area contributed by atoms with Crippen LogP contribution < -0.4 is 14.8 Å². The van der Waals surface area contributed by atoms with Crippen LogP contribution in [0.15, 0.2) is 42.5 Å². The molecule has 0 saturated carbocycles. The van der Waals surface area contributed by atoms with Crippen LogP contribution >= 0.6 is 0 Å². The van der Waals surface area contributed by atoms with Crippen molar-refractivity contribution in [1.29, 1.82) is 0 Å². The van der Waals surface area contributed by atoms with Gasteiger partial charge in [-0.05, 0) is 55.8 Å². The molecule has 0 bridgehead atoms. The third-order valence-corrected chi connectivity index (χ3v) is 4.36. The molecule has 152 valence electrons. The van der Waals surface area contributed by atoms with Crippen molar-refractivity contribution in [1.82, 2.24) is 0 Å². The van der Waals surface area contributed by atoms with E-state index in [1.807, 2.05) is 6.92 Å². The predicted molar refractivity (Wildman–Crippen MR) is 107 cm³/mol. The Kier molecular flexibility index (Phi) is 6.49. The monoisotopic (exact) mass is 397 g/mol. The molecule has 1 N–H and O–H groups in total. The van der Waals surface area contributed by atoms with Crippen molar-refractivity contribution in [2.24, 2.45) is 0 Å². The molecule has 3 rings (SSSR count). The standard InChI is InChI=1S/C22H23NO6/c1-3-4-20(24)23-17-8-5-15(6-9-17)21(25)14(2)29-22(26)16-7-10-18-19(13-16)28-12-11-27-18/h5-10,13-14H,3-4,11-12H2,1-2H3,(H,23,24). The molecule has 1 aliphatic heterocycles. The van der Waals surface area contributed by atoms with Crippen LogP contribution in [0.1, 0.15) is 47.4 Å². The third kappa shape index (κ3) is 5.13. The van der Waals surface area contributed by atoms with Crippen molar-refractivity contribution in [3.8, 4) is 11.5 Å². The average molecular weight is 397 g/mol. The first-order chi connectivity index (χ1) is 14.0. The molecule has 2 aromatic carbocycles. The SMILES string of the molecule is CCCC(=O)Nc1ccc(C(=O)C(C)OC(=O)c2ccc3c(c2)OCCO3)cc1. The molecular weight excluding hydrogens is 374 g/mol. The molecule has 1 amide bonds. The number of ketones is 1. The predicted octanol–water partition coefficient (Wildman–Crippen LogP) is 3.62. The number of fused-ring (bicyclic) bond motifs is 1. The third-order valence-electron chi connectivity index (χ3n) is 4.36. The molecule has 1 heterocycles. The highest BCUT2D eigenvalue weighted by Gasteiger charge is 2.22. The van der Waals surface area contributed by atoms with Gasteiger partial charge in [0.05, 0.1) is 5.56 Å². The average Bonchev–Trinajstić information content (AvgIpc) is 2.73. The van der Waals surface area contributed by atoms with Crippen molar-refractivity contribution in [3.05, 3.63) is 53.6 Å². The summed E-state index contributed by atoms with van der Waals surface area (Å²) in [7, 11) is 0. The van der Waals surface area contributed by atoms with Crippen LogP contribution in [0.25, 0.3) is 0 Å². The number of amides is 1. The number of Topliss-reactive ketones (excluding diaryl/α,β-unsaturated/α-hetero) is 1. The first-order valence-corrected chi connectivity index (χ1v) is 9.52. The molecule has 0 saturated heterocycles. The number of benzene rings is 2. The Bertz CT molecular complexity index is 906. The van der Waals surface area contributed by atoms with Crippen molar-refractivity contribution in [3.63, 3.8) is 0 Å². The number of hydrogen-bond donors (Lipinski definition) is 1. The van der Waals surface area contributed by atoms with E-state index in [1.165, 1.54) is 6.92 Å². The minimum atomic E-state index is -0.962. The van der Waals surface area contributed by atoms with Crippen LogP contribution in [0.5, 0.6) is 11.5 Å². The number of anilines is 1. The zero-order valence-corrected chi connectivity index (χ0v) is 16.4. The quantitative estimate of drug-likeness (QED) is 0.567. The molecule has 0 aliphatic carbocycles. The van der Waals surface area contributed by atoms with Gasteiger partial charge >= 0.3 is 5.97 Å². The summed E-state index contributed by atoms with van der Waals surface area (Å²) in [4.78, 5) is 36.6. The number of carbonyl (C=O) groups excluding carboxylic acids is 3. The van der Waals surface area contributed by atoms with E-state index in [2.05, 4.69) is 5.32 Å². The summed E-state index contributed by atoms with van der Waals surface area (Å²) in [5.74, 6) is 0.0235. The minimum Gasteiger partial charge on any atom is -0.486 e. The Morgan fingerprint density at radius 1 is 1.00 bits per heavy atom. The lowest BCUT2D eigenvalue weighted by Crippen LogP contribution is -2.24. The van der Waals surface area contributed by atoms with Gasteiger partial charge in [0.2, 0.25) is 11.7 Å². The molecule has 7 heteroatoms. The van der Waals surface area contributed by atoms with E-state index in [4.69, 9.17) is 14.2 Å². The number of rotatable bonds is 7. The first kappa shape index (κ1) is 20.4. The number of carbonyl (C=O) groups is 3. The van der Waals surface area contributed by atoms with E-state index >= 15 is 0 Å². The van der Waals surface area contributed by atoms with Gasteiger partial charge in [0.1, 0.15) is 13.2 Å². The second kappa shape index (κ2) is 9.23. The second-order valence-electron chi connectivity index (χ2n) is 6.65. The molecule has 1 atom stereocenters. The van der Waals surface area contributed by atoms with Gasteiger partial charge in [-0.1, -0.05) is 6.92 Å². The van der Waals surface area contributed by atoms with E-state index in [-0.39, 0.29) is 17.3 Å². The number of nitrogens with one attached hydrogen (secondary N) is 1. The molecule has 1 aliphatic rings. The van der Waals surface area contributed by atoms with Crippen LogP contribution in [0, 0.1) is 0 Å². The lowest BCUT2D eigenvalue weighted by molar-refractivity contribution is -0.116. The van der Waals surface area contributed by atoms with Gasteiger partial charge in [0.25, 0.3) is 0 Å². The number of hydrogen-bond acceptors (Lipinski definition) is 6. The molecule has 7 nitrogen and oxygen atoms in total. The summed E-state index contributed by atoms with van der Waals surface area (Å²) in [6, 6.07) is 11.2. The zero-order valence-electron chi connectivity index (χ0n) is 16.4. The zero-order chi connectivity index (χ0) is 20.8. The highest BCUT2D eigenvalue weighted by atomic mass is 16.6. The van der Waals surface area contributed by atoms with Crippen molar-refractivity contribution < 1.29 is 28.6 Å². The van der Waals surface area contributed by atoms with Gasteiger partial charge in [-0.3, -0.25) is 9.59 Å². The smallest absolute Gasteiger partial charge is 0.338 e. The summed E-state index contributed by atoms with van der Waals surface area (Å²) in [6.45, 7) is 4.32. The lowest BCUT2D eigenvalue weighted by atomic mass is 10.1. The molecule has 29 heavy (non-hydrogen) atoms. The molecule has 2 aromatic rings. The Balaban J connectivity index is 1.61. The van der Waals surface area contributed by atoms with E-state index in [9.17, 15) is 14.4 Å². The highest BCUT2D eigenvalue weighted by molar-refractivity contribution is 6.02. The Morgan fingerprint density at radius 3 is 2.34 bits per heavy atom. The van der Waals surface area contributed by atoms with Crippen LogP contribution in [-0.4, -0.2) is 37.0 Å². The maximum Gasteiger partial charge on any atom is 0.338 e. The fourth-order valence-electron chi connectivity index (χ4n) is 2.86. The summed E-state index contributed by atoms with van der Waals surface area (Å²) < 4.78 is 16.2. The maximum atomic E-state index is 12.6. The van der Waals surface area contributed by atoms with E-state index in [1.54, 1.807) is 42.5 Å². The Morgan fingerprint density at radius 2 is 1.66 bits per heavy atom. The number of ether oxygens (including phenoxy) is 3. The number of esters is 1. The topological polar surface area (TPSA) is 90.9 Å². The Hall–Kier alpha value is -3.35. The molecule has 0 fully saturated rings. The first-order valence-electron chi connectivity index (χ1n) is 9.52. The van der Waals surface area contributed by atoms with E-state index < -0.39 is 12.1 Å². The minimum absolute atomic E-state index is 0.0756. The largest absolute Gasteiger partial charge is 0.486 e. The molecule has 0 aromatic heterocycles. The lowest BCUT2D eigenvalue weighted by Gasteiger charge is -2.19. The summed E-state index contributed by atoms with van der Waals surface area (Å²) in [6.07, 6.45) is 0.235. The van der Waals surface area contributed by atoms with Gasteiger partial charge in [0.15, 0.2) is 17.6 Å². The van der Waals surface area contributed by atoms with Gasteiger partial charge < -0.3 is 19.5 Å². The highest BCUT2D eigenvalue weighted by Crippen LogP contribution is 2.31. The van der Waals surface area contributed by atoms with Crippen LogP contribution in [0.3, 0.4) is 0 Å². The molecular formula is C22H23NO6. The summed E-state index contributed by atoms with van der Waals surface area (Å²) in [5, 5.41) is 2.76.